The molecule has 174 valence electrons. The summed E-state index contributed by atoms with van der Waals surface area (Å²) < 4.78 is 12.1. The van der Waals surface area contributed by atoms with Crippen LogP contribution in [0, 0.1) is 0 Å². The lowest BCUT2D eigenvalue weighted by atomic mass is 9.71. The van der Waals surface area contributed by atoms with Gasteiger partial charge in [0.2, 0.25) is 0 Å². The second kappa shape index (κ2) is 10.3. The average Bonchev–Trinajstić information content (AvgIpc) is 2.92. The van der Waals surface area contributed by atoms with Gasteiger partial charge in [0, 0.05) is 14.2 Å². The zero-order chi connectivity index (χ0) is 24.0. The van der Waals surface area contributed by atoms with Gasteiger partial charge >= 0.3 is 0 Å². The van der Waals surface area contributed by atoms with Gasteiger partial charge in [-0.3, -0.25) is 0 Å². The fourth-order valence-corrected chi connectivity index (χ4v) is 4.79. The van der Waals surface area contributed by atoms with Gasteiger partial charge in [-0.1, -0.05) is 121 Å². The molecule has 0 aliphatic heterocycles. The number of rotatable bonds is 9. The third-order valence-electron chi connectivity index (χ3n) is 6.46. The Morgan fingerprint density at radius 2 is 0.647 bits per heavy atom. The van der Waals surface area contributed by atoms with Crippen LogP contribution in [-0.4, -0.2) is 36.6 Å². The van der Waals surface area contributed by atoms with Crippen LogP contribution in [0.25, 0.3) is 0 Å². The Kier molecular flexibility index (Phi) is 7.25. The first-order valence-corrected chi connectivity index (χ1v) is 11.3. The van der Waals surface area contributed by atoms with Gasteiger partial charge in [-0.25, -0.2) is 0 Å². The van der Waals surface area contributed by atoms with E-state index in [9.17, 15) is 10.2 Å². The van der Waals surface area contributed by atoms with E-state index in [-0.39, 0.29) is 0 Å². The second-order valence-corrected chi connectivity index (χ2v) is 8.31. The van der Waals surface area contributed by atoms with Crippen LogP contribution in [0.2, 0.25) is 0 Å². The molecule has 4 nitrogen and oxygen atoms in total. The summed E-state index contributed by atoms with van der Waals surface area (Å²) in [5.74, 6) is 0. The second-order valence-electron chi connectivity index (χ2n) is 8.31. The molecule has 0 aliphatic rings. The predicted octanol–water partition coefficient (Wildman–Crippen LogP) is 4.89. The van der Waals surface area contributed by atoms with Crippen molar-refractivity contribution >= 4 is 0 Å². The van der Waals surface area contributed by atoms with E-state index in [1.54, 1.807) is 0 Å². The molecule has 0 bridgehead atoms. The largest absolute Gasteiger partial charge is 0.378 e. The van der Waals surface area contributed by atoms with Gasteiger partial charge in [-0.2, -0.15) is 0 Å². The van der Waals surface area contributed by atoms with Gasteiger partial charge in [0.05, 0.1) is 0 Å². The highest BCUT2D eigenvalue weighted by Gasteiger charge is 2.54. The van der Waals surface area contributed by atoms with Crippen LogP contribution in [0.4, 0.5) is 0 Å². The first-order valence-electron chi connectivity index (χ1n) is 11.3. The van der Waals surface area contributed by atoms with Crippen molar-refractivity contribution in [3.8, 4) is 0 Å². The molecule has 0 saturated heterocycles. The molecule has 0 aliphatic carbocycles. The predicted molar refractivity (Wildman–Crippen MR) is 133 cm³/mol. The summed E-state index contributed by atoms with van der Waals surface area (Å²) in [6.45, 7) is 0. The molecule has 0 fully saturated rings. The third-order valence-corrected chi connectivity index (χ3v) is 6.46. The van der Waals surface area contributed by atoms with Gasteiger partial charge in [-0.15, -0.1) is 0 Å². The normalized spacial score (nSPS) is 13.9. The lowest BCUT2D eigenvalue weighted by Gasteiger charge is -2.46. The van der Waals surface area contributed by atoms with Crippen LogP contribution in [0.3, 0.4) is 0 Å². The Morgan fingerprint density at radius 1 is 0.441 bits per heavy atom. The van der Waals surface area contributed by atoms with E-state index in [0.29, 0.717) is 22.3 Å². The van der Waals surface area contributed by atoms with Crippen molar-refractivity contribution in [1.29, 1.82) is 0 Å². The zero-order valence-corrected chi connectivity index (χ0v) is 19.4. The Labute approximate surface area is 201 Å². The molecule has 2 N–H and O–H groups in total. The number of benzene rings is 4. The summed E-state index contributed by atoms with van der Waals surface area (Å²) in [4.78, 5) is 0. The molecular formula is C30H30O4. The van der Waals surface area contributed by atoms with Crippen LogP contribution in [-0.2, 0) is 20.7 Å². The summed E-state index contributed by atoms with van der Waals surface area (Å²) in [5, 5.41) is 24.9. The van der Waals surface area contributed by atoms with E-state index < -0.39 is 23.4 Å². The molecule has 4 aromatic rings. The maximum atomic E-state index is 12.5. The van der Waals surface area contributed by atoms with Crippen LogP contribution in [0.1, 0.15) is 22.3 Å². The van der Waals surface area contributed by atoms with E-state index >= 15 is 0 Å². The van der Waals surface area contributed by atoms with E-state index in [0.717, 1.165) is 0 Å². The molecule has 0 saturated carbocycles. The highest BCUT2D eigenvalue weighted by Crippen LogP contribution is 2.44. The molecule has 4 aromatic carbocycles. The van der Waals surface area contributed by atoms with E-state index in [4.69, 9.17) is 9.47 Å². The van der Waals surface area contributed by atoms with Gasteiger partial charge in [-0.05, 0) is 22.3 Å². The van der Waals surface area contributed by atoms with Crippen molar-refractivity contribution < 1.29 is 19.7 Å². The molecule has 0 spiro atoms. The quantitative estimate of drug-likeness (QED) is 0.378. The number of methoxy groups -OCH3 is 2. The van der Waals surface area contributed by atoms with E-state index in [1.807, 2.05) is 121 Å². The fraction of sp³-hybridized carbons (Fsp3) is 0.200. The Bertz CT molecular complexity index is 974. The number of aliphatic hydroxyl groups is 2. The van der Waals surface area contributed by atoms with Crippen molar-refractivity contribution in [2.45, 2.75) is 23.4 Å². The Hall–Kier alpha value is -3.28. The summed E-state index contributed by atoms with van der Waals surface area (Å²) in [7, 11) is 3.06. The van der Waals surface area contributed by atoms with E-state index in [2.05, 4.69) is 0 Å². The molecule has 0 heterocycles. The lowest BCUT2D eigenvalue weighted by molar-refractivity contribution is -0.189. The van der Waals surface area contributed by atoms with Crippen LogP contribution < -0.4 is 0 Å². The van der Waals surface area contributed by atoms with Crippen molar-refractivity contribution in [2.75, 3.05) is 14.2 Å². The van der Waals surface area contributed by atoms with Crippen molar-refractivity contribution in [1.82, 2.24) is 0 Å². The number of hydrogen-bond acceptors (Lipinski definition) is 4. The van der Waals surface area contributed by atoms with Crippen LogP contribution in [0.5, 0.6) is 0 Å². The number of ether oxygens (including phenoxy) is 2. The van der Waals surface area contributed by atoms with Crippen molar-refractivity contribution in [3.05, 3.63) is 144 Å². The fourth-order valence-electron chi connectivity index (χ4n) is 4.79. The van der Waals surface area contributed by atoms with Gasteiger partial charge in [0.25, 0.3) is 0 Å². The van der Waals surface area contributed by atoms with Crippen LogP contribution in [0.15, 0.2) is 121 Å². The topological polar surface area (TPSA) is 58.9 Å². The minimum absolute atomic E-state index is 0.638. The molecule has 4 rings (SSSR count). The maximum absolute atomic E-state index is 12.5. The summed E-state index contributed by atoms with van der Waals surface area (Å²) in [6, 6.07) is 37.4. The summed E-state index contributed by atoms with van der Waals surface area (Å²) in [6.07, 6.45) is -1.96. The molecule has 4 heteroatoms. The molecule has 34 heavy (non-hydrogen) atoms. The molecular weight excluding hydrogens is 424 g/mol. The highest BCUT2D eigenvalue weighted by atomic mass is 16.5. The smallest absolute Gasteiger partial charge is 0.143 e. The first-order chi connectivity index (χ1) is 16.6. The standard InChI is InChI=1S/C30H30O4/c1-33-27(29(31,23-15-7-3-8-16-23)24-17-9-4-10-18-24)28(34-2)30(32,25-19-11-5-12-20-25)26-21-13-6-14-22-26/h3-22,27-28,31-32H,1-2H3. The minimum Gasteiger partial charge on any atom is -0.378 e. The monoisotopic (exact) mass is 454 g/mol. The van der Waals surface area contributed by atoms with Crippen LogP contribution >= 0.6 is 0 Å². The lowest BCUT2D eigenvalue weighted by Crippen LogP contribution is -2.58. The SMILES string of the molecule is COC(C(OC)C(O)(c1ccccc1)c1ccccc1)C(O)(c1ccccc1)c1ccccc1. The van der Waals surface area contributed by atoms with Crippen molar-refractivity contribution in [3.63, 3.8) is 0 Å². The number of hydrogen-bond donors (Lipinski definition) is 2. The van der Waals surface area contributed by atoms with Crippen molar-refractivity contribution in [2.24, 2.45) is 0 Å². The third kappa shape index (κ3) is 4.17. The Morgan fingerprint density at radius 3 is 0.824 bits per heavy atom. The minimum atomic E-state index is -1.62. The molecule has 0 aromatic heterocycles. The van der Waals surface area contributed by atoms with Gasteiger partial charge in [0.15, 0.2) is 0 Å². The molecule has 2 atom stereocenters. The summed E-state index contributed by atoms with van der Waals surface area (Å²) >= 11 is 0. The Balaban J connectivity index is 1.96. The molecule has 0 radical (unpaired) electrons. The zero-order valence-electron chi connectivity index (χ0n) is 19.4. The summed E-state index contributed by atoms with van der Waals surface area (Å²) in [5.41, 5.74) is -0.681. The average molecular weight is 455 g/mol. The van der Waals surface area contributed by atoms with E-state index in [1.165, 1.54) is 14.2 Å². The molecule has 0 amide bonds. The highest BCUT2D eigenvalue weighted by molar-refractivity contribution is 5.42. The van der Waals surface area contributed by atoms with Gasteiger partial charge < -0.3 is 19.7 Å². The molecule has 2 unspecified atom stereocenters. The first kappa shape index (κ1) is 23.9. The maximum Gasteiger partial charge on any atom is 0.143 e. The van der Waals surface area contributed by atoms with Gasteiger partial charge in [0.1, 0.15) is 23.4 Å².